The van der Waals surface area contributed by atoms with Crippen LogP contribution in [0, 0.1) is 0 Å². The molecule has 19 heavy (non-hydrogen) atoms. The van der Waals surface area contributed by atoms with Crippen LogP contribution in [-0.4, -0.2) is 13.1 Å². The van der Waals surface area contributed by atoms with E-state index in [4.69, 9.17) is 4.74 Å². The van der Waals surface area contributed by atoms with E-state index in [1.165, 1.54) is 0 Å². The smallest absolute Gasteiger partial charge is 0.118 e. The quantitative estimate of drug-likeness (QED) is 0.882. The molecular weight excluding hydrogens is 242 g/mol. The Bertz CT molecular complexity index is 537. The molecule has 0 fully saturated rings. The van der Waals surface area contributed by atoms with Crippen LogP contribution in [0.2, 0.25) is 0 Å². The van der Waals surface area contributed by atoms with Gasteiger partial charge in [-0.3, -0.25) is 0 Å². The van der Waals surface area contributed by atoms with Crippen LogP contribution in [0.5, 0.6) is 5.75 Å². The molecule has 2 rings (SSSR count). The largest absolute Gasteiger partial charge is 0.548 e. The van der Waals surface area contributed by atoms with Gasteiger partial charge in [0.05, 0.1) is 19.1 Å². The monoisotopic (exact) mass is 256 g/mol. The number of carbonyl (C=O) groups is 1. The summed E-state index contributed by atoms with van der Waals surface area (Å²) < 4.78 is 5.04. The standard InChI is InChI=1S/C15H15NO3/c1-19-13-9-7-11(8-10-13)14(15(17)18)16-12-5-3-2-4-6-12/h2-10,14,16H,1H3,(H,17,18)/p-1. The van der Waals surface area contributed by atoms with Gasteiger partial charge in [0.1, 0.15) is 5.75 Å². The highest BCUT2D eigenvalue weighted by Crippen LogP contribution is 2.21. The van der Waals surface area contributed by atoms with Gasteiger partial charge in [0, 0.05) is 5.69 Å². The van der Waals surface area contributed by atoms with Gasteiger partial charge < -0.3 is 20.0 Å². The number of ether oxygens (including phenoxy) is 1. The normalized spacial score (nSPS) is 11.6. The molecule has 2 aromatic carbocycles. The van der Waals surface area contributed by atoms with Gasteiger partial charge in [-0.25, -0.2) is 0 Å². The zero-order valence-electron chi connectivity index (χ0n) is 10.5. The minimum absolute atomic E-state index is 0.615. The minimum Gasteiger partial charge on any atom is -0.548 e. The van der Waals surface area contributed by atoms with E-state index in [0.717, 1.165) is 5.69 Å². The van der Waals surface area contributed by atoms with Crippen LogP contribution >= 0.6 is 0 Å². The van der Waals surface area contributed by atoms with Crippen LogP contribution in [0.4, 0.5) is 5.69 Å². The lowest BCUT2D eigenvalue weighted by Crippen LogP contribution is -2.34. The zero-order valence-corrected chi connectivity index (χ0v) is 10.5. The number of aliphatic carboxylic acids is 1. The molecule has 0 radical (unpaired) electrons. The first-order chi connectivity index (χ1) is 9.20. The number of nitrogens with one attached hydrogen (secondary N) is 1. The Morgan fingerprint density at radius 2 is 1.74 bits per heavy atom. The number of methoxy groups -OCH3 is 1. The van der Waals surface area contributed by atoms with Gasteiger partial charge in [0.25, 0.3) is 0 Å². The first kappa shape index (κ1) is 13.0. The Labute approximate surface area is 111 Å². The summed E-state index contributed by atoms with van der Waals surface area (Å²) in [6.45, 7) is 0. The molecule has 0 bridgehead atoms. The zero-order chi connectivity index (χ0) is 13.7. The number of benzene rings is 2. The van der Waals surface area contributed by atoms with E-state index < -0.39 is 12.0 Å². The molecule has 98 valence electrons. The summed E-state index contributed by atoms with van der Waals surface area (Å²) in [6, 6.07) is 15.1. The Morgan fingerprint density at radius 3 is 2.26 bits per heavy atom. The maximum absolute atomic E-state index is 11.3. The molecule has 2 aromatic rings. The van der Waals surface area contributed by atoms with Crippen molar-refractivity contribution in [2.45, 2.75) is 6.04 Å². The van der Waals surface area contributed by atoms with Crippen molar-refractivity contribution in [3.63, 3.8) is 0 Å². The van der Waals surface area contributed by atoms with Crippen molar-refractivity contribution in [1.29, 1.82) is 0 Å². The summed E-state index contributed by atoms with van der Waals surface area (Å²) >= 11 is 0. The number of rotatable bonds is 5. The maximum Gasteiger partial charge on any atom is 0.118 e. The molecule has 1 N–H and O–H groups in total. The Balaban J connectivity index is 2.22. The van der Waals surface area contributed by atoms with Crippen molar-refractivity contribution in [3.05, 3.63) is 60.2 Å². The fraction of sp³-hybridized carbons (Fsp3) is 0.133. The van der Waals surface area contributed by atoms with Crippen molar-refractivity contribution < 1.29 is 14.6 Å². The third-order valence-electron chi connectivity index (χ3n) is 2.77. The molecule has 0 heterocycles. The lowest BCUT2D eigenvalue weighted by atomic mass is 10.1. The van der Waals surface area contributed by atoms with E-state index in [1.54, 1.807) is 43.5 Å². The summed E-state index contributed by atoms with van der Waals surface area (Å²) in [5.41, 5.74) is 1.34. The molecule has 4 heteroatoms. The lowest BCUT2D eigenvalue weighted by molar-refractivity contribution is -0.307. The second-order valence-electron chi connectivity index (χ2n) is 4.04. The van der Waals surface area contributed by atoms with E-state index in [1.807, 2.05) is 18.2 Å². The molecular formula is C15H14NO3-. The molecule has 1 atom stereocenters. The van der Waals surface area contributed by atoms with Gasteiger partial charge in [0.15, 0.2) is 0 Å². The lowest BCUT2D eigenvalue weighted by Gasteiger charge is -2.21. The van der Waals surface area contributed by atoms with Crippen LogP contribution in [-0.2, 0) is 4.79 Å². The first-order valence-electron chi connectivity index (χ1n) is 5.87. The number of carboxylic acid groups (broad SMARTS) is 1. The molecule has 0 aliphatic carbocycles. The van der Waals surface area contributed by atoms with E-state index >= 15 is 0 Å². The topological polar surface area (TPSA) is 61.4 Å². The highest BCUT2D eigenvalue weighted by Gasteiger charge is 2.12. The van der Waals surface area contributed by atoms with Crippen molar-refractivity contribution >= 4 is 11.7 Å². The van der Waals surface area contributed by atoms with Crippen LogP contribution in [0.25, 0.3) is 0 Å². The van der Waals surface area contributed by atoms with E-state index in [9.17, 15) is 9.90 Å². The molecule has 0 aromatic heterocycles. The van der Waals surface area contributed by atoms with Crippen molar-refractivity contribution in [2.24, 2.45) is 0 Å². The summed E-state index contributed by atoms with van der Waals surface area (Å²) in [6.07, 6.45) is 0. The average Bonchev–Trinajstić information content (AvgIpc) is 2.46. The molecule has 1 unspecified atom stereocenters. The van der Waals surface area contributed by atoms with Gasteiger partial charge in [-0.2, -0.15) is 0 Å². The van der Waals surface area contributed by atoms with Gasteiger partial charge in [-0.15, -0.1) is 0 Å². The molecule has 0 aliphatic heterocycles. The SMILES string of the molecule is COc1ccc(C(Nc2ccccc2)C(=O)[O-])cc1. The van der Waals surface area contributed by atoms with Crippen LogP contribution in [0.15, 0.2) is 54.6 Å². The van der Waals surface area contributed by atoms with Crippen LogP contribution < -0.4 is 15.2 Å². The Kier molecular flexibility index (Phi) is 4.03. The fourth-order valence-electron chi connectivity index (χ4n) is 1.78. The maximum atomic E-state index is 11.3. The molecule has 0 aliphatic rings. The Hall–Kier alpha value is -2.49. The third kappa shape index (κ3) is 3.25. The van der Waals surface area contributed by atoms with Crippen LogP contribution in [0.1, 0.15) is 11.6 Å². The van der Waals surface area contributed by atoms with E-state index in [-0.39, 0.29) is 0 Å². The molecule has 0 amide bonds. The van der Waals surface area contributed by atoms with Crippen molar-refractivity contribution in [3.8, 4) is 5.75 Å². The predicted molar refractivity (Wildman–Crippen MR) is 70.8 cm³/mol. The number of carboxylic acids is 1. The van der Waals surface area contributed by atoms with Crippen molar-refractivity contribution in [1.82, 2.24) is 0 Å². The highest BCUT2D eigenvalue weighted by atomic mass is 16.5. The summed E-state index contributed by atoms with van der Waals surface area (Å²) in [5, 5.41) is 14.2. The average molecular weight is 256 g/mol. The fourth-order valence-corrected chi connectivity index (χ4v) is 1.78. The highest BCUT2D eigenvalue weighted by molar-refractivity contribution is 5.77. The molecule has 0 saturated carbocycles. The summed E-state index contributed by atoms with van der Waals surface area (Å²) in [4.78, 5) is 11.3. The second-order valence-corrected chi connectivity index (χ2v) is 4.04. The van der Waals surface area contributed by atoms with Gasteiger partial charge in [-0.1, -0.05) is 30.3 Å². The number of anilines is 1. The second kappa shape index (κ2) is 5.91. The third-order valence-corrected chi connectivity index (χ3v) is 2.77. The van der Waals surface area contributed by atoms with E-state index in [0.29, 0.717) is 11.3 Å². The van der Waals surface area contributed by atoms with Gasteiger partial charge >= 0.3 is 0 Å². The summed E-state index contributed by atoms with van der Waals surface area (Å²) in [5.74, 6) is -0.491. The number of para-hydroxylation sites is 1. The predicted octanol–water partition coefficient (Wildman–Crippen LogP) is 1.60. The van der Waals surface area contributed by atoms with E-state index in [2.05, 4.69) is 5.32 Å². The van der Waals surface area contributed by atoms with Crippen molar-refractivity contribution in [2.75, 3.05) is 12.4 Å². The Morgan fingerprint density at radius 1 is 1.11 bits per heavy atom. The molecule has 4 nitrogen and oxygen atoms in total. The molecule has 0 saturated heterocycles. The van der Waals surface area contributed by atoms with Gasteiger partial charge in [0.2, 0.25) is 0 Å². The first-order valence-corrected chi connectivity index (χ1v) is 5.87. The number of carbonyl (C=O) groups excluding carboxylic acids is 1. The van der Waals surface area contributed by atoms with Gasteiger partial charge in [-0.05, 0) is 29.8 Å². The van der Waals surface area contributed by atoms with Crippen LogP contribution in [0.3, 0.4) is 0 Å². The minimum atomic E-state index is -1.17. The molecule has 0 spiro atoms. The summed E-state index contributed by atoms with van der Waals surface area (Å²) in [7, 11) is 1.56. The number of hydrogen-bond donors (Lipinski definition) is 1. The number of hydrogen-bond acceptors (Lipinski definition) is 4.